The van der Waals surface area contributed by atoms with Crippen LogP contribution < -0.4 is 0 Å². The fraction of sp³-hybridized carbons (Fsp3) is 0.385. The van der Waals surface area contributed by atoms with E-state index in [-0.39, 0.29) is 0 Å². The van der Waals surface area contributed by atoms with Crippen LogP contribution in [0.1, 0.15) is 86.5 Å². The summed E-state index contributed by atoms with van der Waals surface area (Å²) in [5.74, 6) is 1.42. The Morgan fingerprint density at radius 3 is 1.56 bits per heavy atom. The zero-order valence-corrected chi connectivity index (χ0v) is 20.3. The molecule has 0 nitrogen and oxygen atoms in total. The molecule has 2 aromatic carbocycles. The zero-order valence-electron chi connectivity index (χ0n) is 16.7. The average molecular weight is 521 g/mol. The summed E-state index contributed by atoms with van der Waals surface area (Å²) in [6, 6.07) is 18.3. The molecule has 4 rings (SSSR count). The molecule has 138 valence electrons. The standard InChI is InChI=1S/2C13H15.Hf/c2*1-2-3-6-11-9-10-12-7-4-5-8-13(11)12;/h2*4-5,7-8,10-11H,2-3,6H2,1H3;. The molecule has 2 atom stereocenters. The van der Waals surface area contributed by atoms with Gasteiger partial charge in [0.25, 0.3) is 0 Å². The van der Waals surface area contributed by atoms with Crippen LogP contribution in [-0.2, 0) is 22.9 Å². The number of benzene rings is 2. The van der Waals surface area contributed by atoms with Gasteiger partial charge in [0.1, 0.15) is 0 Å². The van der Waals surface area contributed by atoms with E-state index in [9.17, 15) is 0 Å². The molecule has 0 fully saturated rings. The monoisotopic (exact) mass is 522 g/mol. The molecule has 0 saturated heterocycles. The molecule has 2 aromatic rings. The van der Waals surface area contributed by atoms with E-state index >= 15 is 0 Å². The molecule has 0 spiro atoms. The van der Waals surface area contributed by atoms with Crippen LogP contribution in [0.4, 0.5) is 0 Å². The van der Waals surface area contributed by atoms with Gasteiger partial charge in [-0.1, -0.05) is 0 Å². The topological polar surface area (TPSA) is 0 Å². The summed E-state index contributed by atoms with van der Waals surface area (Å²) in [6.07, 6.45) is 13.1. The number of allylic oxidation sites excluding steroid dienone is 2. The Kier molecular flexibility index (Phi) is 6.28. The maximum atomic E-state index is 2.58. The zero-order chi connectivity index (χ0) is 18.6. The van der Waals surface area contributed by atoms with Gasteiger partial charge >= 0.3 is 177 Å². The van der Waals surface area contributed by atoms with Gasteiger partial charge in [0, 0.05) is 0 Å². The van der Waals surface area contributed by atoms with E-state index in [1.807, 2.05) is 6.66 Å². The summed E-state index contributed by atoms with van der Waals surface area (Å²) >= 11 is -1.01. The first-order valence-corrected chi connectivity index (χ1v) is 14.3. The Morgan fingerprint density at radius 1 is 0.667 bits per heavy atom. The number of rotatable bonds is 8. The predicted molar refractivity (Wildman–Crippen MR) is 113 cm³/mol. The van der Waals surface area contributed by atoms with E-state index in [4.69, 9.17) is 0 Å². The normalized spacial score (nSPS) is 20.1. The van der Waals surface area contributed by atoms with Gasteiger partial charge in [0.15, 0.2) is 0 Å². The third-order valence-corrected chi connectivity index (χ3v) is 11.7. The van der Waals surface area contributed by atoms with E-state index in [0.717, 1.165) is 0 Å². The van der Waals surface area contributed by atoms with Crippen LogP contribution in [0.15, 0.2) is 55.2 Å². The van der Waals surface area contributed by atoms with Gasteiger partial charge in [0.05, 0.1) is 0 Å². The number of unbranched alkanes of at least 4 members (excludes halogenated alkanes) is 2. The first kappa shape index (κ1) is 19.1. The second-order valence-corrected chi connectivity index (χ2v) is 13.0. The molecule has 0 radical (unpaired) electrons. The Hall–Kier alpha value is -1.21. The fourth-order valence-electron chi connectivity index (χ4n) is 4.64. The van der Waals surface area contributed by atoms with Crippen LogP contribution in [0.25, 0.3) is 12.2 Å². The van der Waals surface area contributed by atoms with Gasteiger partial charge in [0.2, 0.25) is 0 Å². The van der Waals surface area contributed by atoms with Crippen molar-refractivity contribution in [3.63, 3.8) is 0 Å². The molecule has 0 amide bonds. The SMILES string of the molecule is CCCCC1[C]([Hf][C]2=Cc3ccccc3C2CCCC)=Cc2ccccc21. The van der Waals surface area contributed by atoms with Crippen molar-refractivity contribution in [2.45, 2.75) is 64.2 Å². The number of fused-ring (bicyclic) bond motifs is 2. The summed E-state index contributed by atoms with van der Waals surface area (Å²) < 4.78 is 3.68. The van der Waals surface area contributed by atoms with Crippen LogP contribution >= 0.6 is 0 Å². The van der Waals surface area contributed by atoms with Crippen LogP contribution in [0, 0.1) is 0 Å². The second-order valence-electron chi connectivity index (χ2n) is 7.97. The Morgan fingerprint density at radius 2 is 1.11 bits per heavy atom. The van der Waals surface area contributed by atoms with Crippen molar-refractivity contribution in [2.75, 3.05) is 0 Å². The van der Waals surface area contributed by atoms with E-state index in [0.29, 0.717) is 11.8 Å². The van der Waals surface area contributed by atoms with Gasteiger partial charge in [-0.3, -0.25) is 0 Å². The van der Waals surface area contributed by atoms with Crippen LogP contribution in [0.3, 0.4) is 0 Å². The van der Waals surface area contributed by atoms with E-state index < -0.39 is 22.9 Å². The predicted octanol–water partition coefficient (Wildman–Crippen LogP) is 7.73. The molecule has 2 unspecified atom stereocenters. The van der Waals surface area contributed by atoms with Crippen molar-refractivity contribution >= 4 is 12.2 Å². The molecular formula is C26H30Hf. The van der Waals surface area contributed by atoms with E-state index in [1.165, 1.54) is 49.7 Å². The molecule has 0 aliphatic heterocycles. The Labute approximate surface area is 176 Å². The van der Waals surface area contributed by atoms with Crippen LogP contribution in [0.5, 0.6) is 0 Å². The van der Waals surface area contributed by atoms with Crippen molar-refractivity contribution in [1.29, 1.82) is 0 Å². The third kappa shape index (κ3) is 3.99. The van der Waals surface area contributed by atoms with Crippen molar-refractivity contribution in [3.8, 4) is 0 Å². The molecule has 27 heavy (non-hydrogen) atoms. The molecular weight excluding hydrogens is 491 g/mol. The van der Waals surface area contributed by atoms with Gasteiger partial charge in [-0.25, -0.2) is 0 Å². The molecule has 0 saturated carbocycles. The Bertz CT molecular complexity index is 787. The van der Waals surface area contributed by atoms with Crippen molar-refractivity contribution in [3.05, 3.63) is 77.4 Å². The summed E-state index contributed by atoms with van der Waals surface area (Å²) in [5.41, 5.74) is 6.22. The second kappa shape index (κ2) is 8.86. The minimum absolute atomic E-state index is 0.709. The molecule has 0 bridgehead atoms. The minimum atomic E-state index is -1.01. The summed E-state index contributed by atoms with van der Waals surface area (Å²) in [4.78, 5) is 0. The van der Waals surface area contributed by atoms with Gasteiger partial charge in [-0.2, -0.15) is 0 Å². The van der Waals surface area contributed by atoms with Gasteiger partial charge in [-0.05, 0) is 0 Å². The first-order valence-electron chi connectivity index (χ1n) is 10.7. The van der Waals surface area contributed by atoms with E-state index in [1.54, 1.807) is 11.1 Å². The number of hydrogen-bond donors (Lipinski definition) is 0. The number of hydrogen-bond acceptors (Lipinski definition) is 0. The Balaban J connectivity index is 1.60. The third-order valence-electron chi connectivity index (χ3n) is 6.10. The first-order chi connectivity index (χ1) is 13.3. The molecule has 0 N–H and O–H groups in total. The average Bonchev–Trinajstić information content (AvgIpc) is 3.22. The molecule has 1 heteroatoms. The van der Waals surface area contributed by atoms with Crippen molar-refractivity contribution < 1.29 is 22.9 Å². The molecule has 2 aliphatic rings. The summed E-state index contributed by atoms with van der Waals surface area (Å²) in [7, 11) is 0. The van der Waals surface area contributed by atoms with Crippen molar-refractivity contribution in [1.82, 2.24) is 0 Å². The maximum absolute atomic E-state index is 2.58. The summed E-state index contributed by atoms with van der Waals surface area (Å²) in [5, 5.41) is 0. The summed E-state index contributed by atoms with van der Waals surface area (Å²) in [6.45, 7) is 4.65. The molecule has 0 aromatic heterocycles. The van der Waals surface area contributed by atoms with Crippen LogP contribution in [-0.4, -0.2) is 0 Å². The van der Waals surface area contributed by atoms with Gasteiger partial charge < -0.3 is 0 Å². The van der Waals surface area contributed by atoms with Crippen LogP contribution in [0.2, 0.25) is 0 Å². The molecule has 2 aliphatic carbocycles. The quantitative estimate of drug-likeness (QED) is 0.312. The van der Waals surface area contributed by atoms with Gasteiger partial charge in [-0.15, -0.1) is 0 Å². The molecule has 0 heterocycles. The van der Waals surface area contributed by atoms with E-state index in [2.05, 4.69) is 74.5 Å². The fourth-order valence-corrected chi connectivity index (χ4v) is 10.9. The van der Waals surface area contributed by atoms with Crippen molar-refractivity contribution in [2.24, 2.45) is 0 Å².